The number of para-hydroxylation sites is 1. The second kappa shape index (κ2) is 6.96. The molecule has 0 spiro atoms. The minimum atomic E-state index is -0.779. The summed E-state index contributed by atoms with van der Waals surface area (Å²) in [5, 5.41) is 9.52. The molecular weight excluding hydrogens is 342 g/mol. The molecule has 0 unspecified atom stereocenters. The normalized spacial score (nSPS) is 20.8. The number of nitrogens with zero attached hydrogens (tertiary/aromatic N) is 3. The van der Waals surface area contributed by atoms with Crippen molar-refractivity contribution in [2.45, 2.75) is 18.5 Å². The quantitative estimate of drug-likeness (QED) is 0.821. The van der Waals surface area contributed by atoms with Gasteiger partial charge in [0.1, 0.15) is 12.6 Å². The standard InChI is InChI=1S/C21H17N3O3/c22-13-17-11-10-16-8-4-5-9-19(16)23(17)20(25)24-18(14-27-21(24)26)12-15-6-2-1-3-7-15/h1-11,17-18H,12,14H2/t17-,18-/m0/s1. The van der Waals surface area contributed by atoms with Crippen LogP contribution in [0.15, 0.2) is 60.7 Å². The fraction of sp³-hybridized carbons (Fsp3) is 0.190. The molecule has 6 nitrogen and oxygen atoms in total. The van der Waals surface area contributed by atoms with Crippen LogP contribution in [0.25, 0.3) is 6.08 Å². The van der Waals surface area contributed by atoms with Crippen molar-refractivity contribution < 1.29 is 14.3 Å². The van der Waals surface area contributed by atoms with E-state index in [0.29, 0.717) is 12.1 Å². The highest BCUT2D eigenvalue weighted by molar-refractivity contribution is 6.04. The lowest BCUT2D eigenvalue weighted by molar-refractivity contribution is 0.159. The Bertz CT molecular complexity index is 949. The van der Waals surface area contributed by atoms with Gasteiger partial charge in [-0.05, 0) is 29.7 Å². The third-order valence-corrected chi connectivity index (χ3v) is 4.75. The predicted octanol–water partition coefficient (Wildman–Crippen LogP) is 3.60. The zero-order valence-corrected chi connectivity index (χ0v) is 14.5. The number of ether oxygens (including phenoxy) is 1. The maximum absolute atomic E-state index is 13.3. The molecule has 0 radical (unpaired) electrons. The number of nitriles is 1. The Labute approximate surface area is 156 Å². The van der Waals surface area contributed by atoms with E-state index in [1.807, 2.05) is 48.5 Å². The highest BCUT2D eigenvalue weighted by atomic mass is 16.6. The molecule has 0 bridgehead atoms. The molecule has 0 N–H and O–H groups in total. The van der Waals surface area contributed by atoms with Gasteiger partial charge >= 0.3 is 12.1 Å². The van der Waals surface area contributed by atoms with Gasteiger partial charge in [-0.3, -0.25) is 4.90 Å². The Morgan fingerprint density at radius 3 is 2.63 bits per heavy atom. The lowest BCUT2D eigenvalue weighted by Gasteiger charge is -2.33. The number of amides is 3. The molecule has 0 aliphatic carbocycles. The van der Waals surface area contributed by atoms with Gasteiger partial charge in [0.2, 0.25) is 0 Å². The minimum Gasteiger partial charge on any atom is -0.447 e. The molecular formula is C21H17N3O3. The molecule has 2 aromatic carbocycles. The third kappa shape index (κ3) is 3.04. The molecule has 134 valence electrons. The average molecular weight is 359 g/mol. The molecule has 3 amide bonds. The average Bonchev–Trinajstić information content (AvgIpc) is 3.07. The van der Waals surface area contributed by atoms with E-state index in [2.05, 4.69) is 6.07 Å². The van der Waals surface area contributed by atoms with Gasteiger partial charge < -0.3 is 4.74 Å². The van der Waals surface area contributed by atoms with Crippen LogP contribution in [-0.4, -0.2) is 35.7 Å². The summed E-state index contributed by atoms with van der Waals surface area (Å²) < 4.78 is 5.16. The van der Waals surface area contributed by atoms with E-state index in [1.54, 1.807) is 18.2 Å². The molecule has 2 aliphatic rings. The van der Waals surface area contributed by atoms with E-state index in [4.69, 9.17) is 4.74 Å². The lowest BCUT2D eigenvalue weighted by Crippen LogP contribution is -2.52. The highest BCUT2D eigenvalue weighted by Crippen LogP contribution is 2.31. The third-order valence-electron chi connectivity index (χ3n) is 4.75. The molecule has 1 saturated heterocycles. The number of benzene rings is 2. The highest BCUT2D eigenvalue weighted by Gasteiger charge is 2.43. The number of hydrogen-bond donors (Lipinski definition) is 0. The number of hydrogen-bond acceptors (Lipinski definition) is 4. The van der Waals surface area contributed by atoms with Gasteiger partial charge in [0.25, 0.3) is 0 Å². The Morgan fingerprint density at radius 1 is 1.11 bits per heavy atom. The summed E-state index contributed by atoms with van der Waals surface area (Å²) in [4.78, 5) is 28.1. The number of anilines is 1. The molecule has 2 aromatic rings. The monoisotopic (exact) mass is 359 g/mol. The first-order valence-corrected chi connectivity index (χ1v) is 8.69. The predicted molar refractivity (Wildman–Crippen MR) is 99.9 cm³/mol. The lowest BCUT2D eigenvalue weighted by atomic mass is 10.0. The largest absolute Gasteiger partial charge is 0.447 e. The summed E-state index contributed by atoms with van der Waals surface area (Å²) in [5.74, 6) is 0. The van der Waals surface area contributed by atoms with Crippen molar-refractivity contribution in [2.24, 2.45) is 0 Å². The van der Waals surface area contributed by atoms with Gasteiger partial charge in [0, 0.05) is 0 Å². The van der Waals surface area contributed by atoms with E-state index in [0.717, 1.165) is 16.0 Å². The first kappa shape index (κ1) is 16.9. The van der Waals surface area contributed by atoms with Crippen molar-refractivity contribution in [3.8, 4) is 6.07 Å². The maximum Gasteiger partial charge on any atom is 0.418 e. The number of carbonyl (C=O) groups excluding carboxylic acids is 2. The van der Waals surface area contributed by atoms with E-state index in [9.17, 15) is 14.9 Å². The Balaban J connectivity index is 1.66. The second-order valence-corrected chi connectivity index (χ2v) is 6.43. The summed E-state index contributed by atoms with van der Waals surface area (Å²) in [6.45, 7) is 0.141. The molecule has 0 saturated carbocycles. The van der Waals surface area contributed by atoms with Crippen LogP contribution in [0.3, 0.4) is 0 Å². The minimum absolute atomic E-state index is 0.141. The smallest absolute Gasteiger partial charge is 0.418 e. The van der Waals surface area contributed by atoms with Crippen molar-refractivity contribution in [1.29, 1.82) is 5.26 Å². The van der Waals surface area contributed by atoms with E-state index in [-0.39, 0.29) is 6.61 Å². The van der Waals surface area contributed by atoms with Gasteiger partial charge in [-0.2, -0.15) is 5.26 Å². The maximum atomic E-state index is 13.3. The first-order valence-electron chi connectivity index (χ1n) is 8.69. The van der Waals surface area contributed by atoms with Crippen LogP contribution in [0, 0.1) is 11.3 Å². The van der Waals surface area contributed by atoms with Crippen LogP contribution in [0.2, 0.25) is 0 Å². The Morgan fingerprint density at radius 2 is 1.85 bits per heavy atom. The first-order chi connectivity index (χ1) is 13.2. The zero-order valence-electron chi connectivity index (χ0n) is 14.5. The fourth-order valence-electron chi connectivity index (χ4n) is 3.45. The number of imide groups is 1. The molecule has 2 atom stereocenters. The SMILES string of the molecule is N#C[C@@H]1C=Cc2ccccc2N1C(=O)N1C(=O)OC[C@@H]1Cc1ccccc1. The van der Waals surface area contributed by atoms with Crippen LogP contribution in [0.4, 0.5) is 15.3 Å². The summed E-state index contributed by atoms with van der Waals surface area (Å²) in [7, 11) is 0. The van der Waals surface area contributed by atoms with Crippen LogP contribution in [0.5, 0.6) is 0 Å². The van der Waals surface area contributed by atoms with Gasteiger partial charge in [0.05, 0.1) is 17.8 Å². The van der Waals surface area contributed by atoms with E-state index in [1.165, 1.54) is 4.90 Å². The number of urea groups is 1. The van der Waals surface area contributed by atoms with Crippen LogP contribution < -0.4 is 4.90 Å². The number of rotatable bonds is 2. The summed E-state index contributed by atoms with van der Waals surface area (Å²) in [6, 6.07) is 17.3. The van der Waals surface area contributed by atoms with Crippen molar-refractivity contribution in [3.63, 3.8) is 0 Å². The molecule has 0 aromatic heterocycles. The molecule has 4 rings (SSSR count). The van der Waals surface area contributed by atoms with Crippen molar-refractivity contribution >= 4 is 23.9 Å². The number of carbonyl (C=O) groups is 2. The van der Waals surface area contributed by atoms with Gasteiger partial charge in [0.15, 0.2) is 0 Å². The summed E-state index contributed by atoms with van der Waals surface area (Å²) in [6.07, 6.45) is 3.30. The molecule has 2 aliphatic heterocycles. The van der Waals surface area contributed by atoms with Gasteiger partial charge in [-0.1, -0.05) is 54.6 Å². The van der Waals surface area contributed by atoms with Crippen LogP contribution in [-0.2, 0) is 11.2 Å². The zero-order chi connectivity index (χ0) is 18.8. The van der Waals surface area contributed by atoms with Gasteiger partial charge in [-0.25, -0.2) is 14.5 Å². The molecule has 1 fully saturated rings. The van der Waals surface area contributed by atoms with Crippen molar-refractivity contribution in [1.82, 2.24) is 4.90 Å². The van der Waals surface area contributed by atoms with Crippen molar-refractivity contribution in [2.75, 3.05) is 11.5 Å². The van der Waals surface area contributed by atoms with Gasteiger partial charge in [-0.15, -0.1) is 0 Å². The number of cyclic esters (lactones) is 1. The molecule has 2 heterocycles. The summed E-state index contributed by atoms with van der Waals surface area (Å²) >= 11 is 0. The number of fused-ring (bicyclic) bond motifs is 1. The van der Waals surface area contributed by atoms with Crippen molar-refractivity contribution in [3.05, 3.63) is 71.8 Å². The Kier molecular flexibility index (Phi) is 4.35. The molecule has 27 heavy (non-hydrogen) atoms. The topological polar surface area (TPSA) is 73.6 Å². The second-order valence-electron chi connectivity index (χ2n) is 6.43. The fourth-order valence-corrected chi connectivity index (χ4v) is 3.45. The summed E-state index contributed by atoms with van der Waals surface area (Å²) in [5.41, 5.74) is 2.44. The van der Waals surface area contributed by atoms with Crippen LogP contribution in [0.1, 0.15) is 11.1 Å². The Hall–Kier alpha value is -3.59. The molecule has 6 heteroatoms. The van der Waals surface area contributed by atoms with Crippen LogP contribution >= 0.6 is 0 Å². The van der Waals surface area contributed by atoms with E-state index >= 15 is 0 Å². The van der Waals surface area contributed by atoms with E-state index < -0.39 is 24.2 Å².